The van der Waals surface area contributed by atoms with Crippen LogP contribution in [0.25, 0.3) is 0 Å². The molecule has 0 N–H and O–H groups in total. The predicted molar refractivity (Wildman–Crippen MR) is 24.8 cm³/mol. The lowest BCUT2D eigenvalue weighted by atomic mass is 10.2. The van der Waals surface area contributed by atoms with Gasteiger partial charge in [0.05, 0.1) is 0 Å². The van der Waals surface area contributed by atoms with Crippen molar-refractivity contribution in [1.29, 1.82) is 0 Å². The molecule has 0 nitrogen and oxygen atoms in total. The van der Waals surface area contributed by atoms with Gasteiger partial charge in [0.1, 0.15) is 6.17 Å². The van der Waals surface area contributed by atoms with Crippen LogP contribution < -0.4 is 0 Å². The Labute approximate surface area is 38.4 Å². The Morgan fingerprint density at radius 1 is 1.33 bits per heavy atom. The monoisotopic (exact) mass is 88.1 g/mol. The van der Waals surface area contributed by atoms with Crippen LogP contribution in [0.15, 0.2) is 0 Å². The summed E-state index contributed by atoms with van der Waals surface area (Å²) in [5.74, 6) is 0. The lowest BCUT2D eigenvalue weighted by Crippen LogP contribution is -1.91. The van der Waals surface area contributed by atoms with Gasteiger partial charge in [0.2, 0.25) is 0 Å². The summed E-state index contributed by atoms with van der Waals surface area (Å²) < 4.78 is 11.7. The number of hydrogen-bond acceptors (Lipinski definition) is 0. The van der Waals surface area contributed by atoms with Crippen LogP contribution in [-0.4, -0.2) is 6.17 Å². The first-order chi connectivity index (χ1) is 2.81. The van der Waals surface area contributed by atoms with E-state index in [0.717, 1.165) is 0 Å². The molecular weight excluding hydrogens is 79.1 g/mol. The minimum atomic E-state index is -0.787. The summed E-state index contributed by atoms with van der Waals surface area (Å²) in [5.41, 5.74) is 0. The first kappa shape index (κ1) is 5.93. The molecule has 0 aromatic carbocycles. The average Bonchev–Trinajstić information content (AvgIpc) is 1.65. The molecular formula is C5H9F. The van der Waals surface area contributed by atoms with E-state index in [0.29, 0.717) is 12.8 Å². The fraction of sp³-hybridized carbons (Fsp3) is 0.600. The van der Waals surface area contributed by atoms with Crippen molar-refractivity contribution in [2.75, 3.05) is 0 Å². The second kappa shape index (κ2) is 3.13. The molecule has 0 amide bonds. The van der Waals surface area contributed by atoms with Crippen LogP contribution >= 0.6 is 0 Å². The molecule has 0 aliphatic rings. The highest BCUT2D eigenvalue weighted by Crippen LogP contribution is 1.98. The third-order valence-electron chi connectivity index (χ3n) is 0.626. The van der Waals surface area contributed by atoms with E-state index in [1.807, 2.05) is 0 Å². The summed E-state index contributed by atoms with van der Waals surface area (Å²) in [6.07, 6.45) is -0.0856. The lowest BCUT2D eigenvalue weighted by molar-refractivity contribution is 0.338. The van der Waals surface area contributed by atoms with Crippen molar-refractivity contribution >= 4 is 0 Å². The Hall–Kier alpha value is -0.0700. The van der Waals surface area contributed by atoms with Gasteiger partial charge in [-0.2, -0.15) is 0 Å². The Bertz CT molecular complexity index is 23.1. The Kier molecular flexibility index (Phi) is 3.10. The third kappa shape index (κ3) is 2.18. The van der Waals surface area contributed by atoms with E-state index in [1.165, 1.54) is 0 Å². The highest BCUT2D eigenvalue weighted by molar-refractivity contribution is 4.56. The molecule has 0 aliphatic heterocycles. The van der Waals surface area contributed by atoms with Crippen molar-refractivity contribution in [3.8, 4) is 0 Å². The van der Waals surface area contributed by atoms with Crippen LogP contribution in [0, 0.1) is 13.8 Å². The molecule has 6 heavy (non-hydrogen) atoms. The van der Waals surface area contributed by atoms with E-state index in [2.05, 4.69) is 13.8 Å². The second-order valence-electron chi connectivity index (χ2n) is 1.17. The Morgan fingerprint density at radius 3 is 1.67 bits per heavy atom. The molecule has 2 radical (unpaired) electrons. The van der Waals surface area contributed by atoms with Crippen LogP contribution in [0.3, 0.4) is 0 Å². The van der Waals surface area contributed by atoms with Crippen molar-refractivity contribution in [2.45, 2.75) is 19.0 Å². The van der Waals surface area contributed by atoms with Gasteiger partial charge in [0.15, 0.2) is 0 Å². The van der Waals surface area contributed by atoms with Crippen molar-refractivity contribution in [3.05, 3.63) is 13.8 Å². The van der Waals surface area contributed by atoms with Gasteiger partial charge < -0.3 is 0 Å². The third-order valence-corrected chi connectivity index (χ3v) is 0.626. The zero-order valence-electron chi connectivity index (χ0n) is 3.78. The van der Waals surface area contributed by atoms with Crippen LogP contribution in [0.4, 0.5) is 4.39 Å². The predicted octanol–water partition coefficient (Wildman–Crippen LogP) is 1.77. The number of halogens is 1. The average molecular weight is 88.1 g/mol. The standard InChI is InChI=1S/C5H9F/c1-3-5(6)4-2/h5H,1-4H2. The molecule has 0 fully saturated rings. The topological polar surface area (TPSA) is 0 Å². The van der Waals surface area contributed by atoms with Crippen molar-refractivity contribution < 1.29 is 4.39 Å². The second-order valence-corrected chi connectivity index (χ2v) is 1.17. The van der Waals surface area contributed by atoms with Gasteiger partial charge in [-0.25, -0.2) is 4.39 Å². The number of rotatable bonds is 2. The first-order valence-electron chi connectivity index (χ1n) is 2.03. The molecule has 0 unspecified atom stereocenters. The maximum Gasteiger partial charge on any atom is 0.100 e. The number of hydrogen-bond donors (Lipinski definition) is 0. The van der Waals surface area contributed by atoms with E-state index in [-0.39, 0.29) is 0 Å². The summed E-state index contributed by atoms with van der Waals surface area (Å²) in [5, 5.41) is 0. The highest BCUT2D eigenvalue weighted by atomic mass is 19.1. The van der Waals surface area contributed by atoms with E-state index in [4.69, 9.17) is 0 Å². The Morgan fingerprint density at radius 2 is 1.67 bits per heavy atom. The van der Waals surface area contributed by atoms with Crippen LogP contribution in [0.5, 0.6) is 0 Å². The molecule has 0 saturated carbocycles. The molecule has 36 valence electrons. The molecule has 0 spiro atoms. The van der Waals surface area contributed by atoms with Gasteiger partial charge in [-0.15, -0.1) is 0 Å². The molecule has 0 saturated heterocycles. The molecule has 0 aromatic rings. The molecule has 0 aromatic heterocycles. The fourth-order valence-corrected chi connectivity index (χ4v) is 0.144. The van der Waals surface area contributed by atoms with Crippen LogP contribution in [0.2, 0.25) is 0 Å². The summed E-state index contributed by atoms with van der Waals surface area (Å²) >= 11 is 0. The highest BCUT2D eigenvalue weighted by Gasteiger charge is 1.94. The molecule has 0 atom stereocenters. The fourth-order valence-electron chi connectivity index (χ4n) is 0.144. The van der Waals surface area contributed by atoms with Gasteiger partial charge in [0, 0.05) is 0 Å². The lowest BCUT2D eigenvalue weighted by Gasteiger charge is -1.94. The quantitative estimate of drug-likeness (QED) is 0.482. The maximum atomic E-state index is 11.7. The van der Waals surface area contributed by atoms with Crippen molar-refractivity contribution in [3.63, 3.8) is 0 Å². The Balaban J connectivity index is 2.75. The molecule has 0 heterocycles. The van der Waals surface area contributed by atoms with Gasteiger partial charge >= 0.3 is 0 Å². The first-order valence-corrected chi connectivity index (χ1v) is 2.03. The van der Waals surface area contributed by atoms with E-state index >= 15 is 0 Å². The maximum absolute atomic E-state index is 11.7. The molecule has 0 rings (SSSR count). The summed E-state index contributed by atoms with van der Waals surface area (Å²) in [6, 6.07) is 0. The van der Waals surface area contributed by atoms with Crippen LogP contribution in [-0.2, 0) is 0 Å². The minimum absolute atomic E-state index is 0.351. The van der Waals surface area contributed by atoms with Gasteiger partial charge in [0.25, 0.3) is 0 Å². The summed E-state index contributed by atoms with van der Waals surface area (Å²) in [7, 11) is 0. The molecule has 0 bridgehead atoms. The van der Waals surface area contributed by atoms with Crippen molar-refractivity contribution in [2.24, 2.45) is 0 Å². The number of alkyl halides is 1. The minimum Gasteiger partial charge on any atom is -0.247 e. The van der Waals surface area contributed by atoms with E-state index in [1.54, 1.807) is 0 Å². The zero-order chi connectivity index (χ0) is 4.99. The molecule has 1 heteroatoms. The SMILES string of the molecule is [CH2]CC(F)C[CH2]. The van der Waals surface area contributed by atoms with Crippen LogP contribution in [0.1, 0.15) is 12.8 Å². The van der Waals surface area contributed by atoms with Gasteiger partial charge in [-0.05, 0) is 12.8 Å². The molecule has 0 aliphatic carbocycles. The zero-order valence-corrected chi connectivity index (χ0v) is 3.78. The van der Waals surface area contributed by atoms with Gasteiger partial charge in [-0.3, -0.25) is 0 Å². The van der Waals surface area contributed by atoms with E-state index in [9.17, 15) is 4.39 Å². The van der Waals surface area contributed by atoms with Crippen molar-refractivity contribution in [1.82, 2.24) is 0 Å². The summed E-state index contributed by atoms with van der Waals surface area (Å²) in [6.45, 7) is 6.68. The largest absolute Gasteiger partial charge is 0.247 e. The van der Waals surface area contributed by atoms with E-state index < -0.39 is 6.17 Å². The summed E-state index contributed by atoms with van der Waals surface area (Å²) in [4.78, 5) is 0. The van der Waals surface area contributed by atoms with Gasteiger partial charge in [-0.1, -0.05) is 13.8 Å². The normalized spacial score (nSPS) is 10.0. The smallest absolute Gasteiger partial charge is 0.100 e.